The van der Waals surface area contributed by atoms with Gasteiger partial charge < -0.3 is 4.42 Å². The van der Waals surface area contributed by atoms with Crippen LogP contribution in [0.2, 0.25) is 0 Å². The first kappa shape index (κ1) is 20.5. The highest BCUT2D eigenvalue weighted by Crippen LogP contribution is 2.27. The first-order valence-corrected chi connectivity index (χ1v) is 11.1. The third kappa shape index (κ3) is 3.48. The monoisotopic (exact) mass is 488 g/mol. The molecule has 0 fully saturated rings. The number of aromatic nitrogens is 4. The second-order valence-electron chi connectivity index (χ2n) is 7.82. The molecule has 0 aliphatic carbocycles. The van der Waals surface area contributed by atoms with Gasteiger partial charge in [0, 0.05) is 21.5 Å². The van der Waals surface area contributed by atoms with Crippen LogP contribution in [-0.4, -0.2) is 19.3 Å². The van der Waals surface area contributed by atoms with Gasteiger partial charge in [-0.15, -0.1) is 0 Å². The van der Waals surface area contributed by atoms with Gasteiger partial charge in [0.15, 0.2) is 0 Å². The largest absolute Gasteiger partial charge is 0.441 e. The van der Waals surface area contributed by atoms with E-state index in [-0.39, 0.29) is 12.1 Å². The average molecular weight is 489 g/mol. The lowest BCUT2D eigenvalue weighted by Gasteiger charge is -2.11. The van der Waals surface area contributed by atoms with Gasteiger partial charge in [-0.2, -0.15) is 5.10 Å². The smallest absolute Gasteiger partial charge is 0.252 e. The Kier molecular flexibility index (Phi) is 5.06. The van der Waals surface area contributed by atoms with E-state index in [1.165, 1.54) is 0 Å². The van der Waals surface area contributed by atoms with E-state index >= 15 is 0 Å². The quantitative estimate of drug-likeness (QED) is 0.331. The highest BCUT2D eigenvalue weighted by atomic mass is 79.9. The summed E-state index contributed by atoms with van der Waals surface area (Å²) in [7, 11) is 0. The average Bonchev–Trinajstić information content (AvgIpc) is 3.32. The summed E-state index contributed by atoms with van der Waals surface area (Å²) in [6.45, 7) is 6.08. The molecule has 5 rings (SSSR count). The van der Waals surface area contributed by atoms with E-state index in [1.54, 1.807) is 10.6 Å². The van der Waals surface area contributed by atoms with E-state index in [0.29, 0.717) is 17.3 Å². The van der Waals surface area contributed by atoms with Crippen LogP contribution < -0.4 is 5.56 Å². The molecular weight excluding hydrogens is 468 g/mol. The maximum atomic E-state index is 13.1. The molecule has 7 heteroatoms. The van der Waals surface area contributed by atoms with E-state index in [2.05, 4.69) is 15.9 Å². The highest BCUT2D eigenvalue weighted by molar-refractivity contribution is 9.10. The molecule has 160 valence electrons. The van der Waals surface area contributed by atoms with Gasteiger partial charge in [-0.25, -0.2) is 9.67 Å². The number of nitrogens with zero attached hydrogens (tertiary/aromatic N) is 4. The fourth-order valence-electron chi connectivity index (χ4n) is 4.04. The zero-order valence-corrected chi connectivity index (χ0v) is 19.5. The summed E-state index contributed by atoms with van der Waals surface area (Å²) in [5.41, 5.74) is 4.93. The van der Waals surface area contributed by atoms with E-state index in [0.717, 1.165) is 38.0 Å². The van der Waals surface area contributed by atoms with Gasteiger partial charge in [0.2, 0.25) is 5.89 Å². The van der Waals surface area contributed by atoms with Crippen LogP contribution in [0.1, 0.15) is 22.7 Å². The molecule has 3 aromatic heterocycles. The van der Waals surface area contributed by atoms with E-state index in [1.807, 2.05) is 80.1 Å². The van der Waals surface area contributed by atoms with Crippen molar-refractivity contribution in [3.05, 3.63) is 98.2 Å². The Morgan fingerprint density at radius 3 is 2.53 bits per heavy atom. The van der Waals surface area contributed by atoms with Crippen LogP contribution in [0.4, 0.5) is 0 Å². The lowest BCUT2D eigenvalue weighted by atomic mass is 10.1. The topological polar surface area (TPSA) is 65.8 Å². The first-order chi connectivity index (χ1) is 15.4. The Hall–Kier alpha value is -3.45. The Morgan fingerprint density at radius 1 is 1.00 bits per heavy atom. The van der Waals surface area contributed by atoms with Crippen LogP contribution >= 0.6 is 15.9 Å². The van der Waals surface area contributed by atoms with Gasteiger partial charge in [0.05, 0.1) is 17.9 Å². The highest BCUT2D eigenvalue weighted by Gasteiger charge is 2.20. The maximum absolute atomic E-state index is 13.1. The van der Waals surface area contributed by atoms with Crippen molar-refractivity contribution in [1.29, 1.82) is 0 Å². The number of hydrogen-bond donors (Lipinski definition) is 0. The zero-order chi connectivity index (χ0) is 22.4. The Balaban J connectivity index is 1.68. The zero-order valence-electron chi connectivity index (χ0n) is 18.0. The fraction of sp³-hybridized carbons (Fsp3) is 0.160. The number of oxazole rings is 1. The lowest BCUT2D eigenvalue weighted by Crippen LogP contribution is -2.23. The number of para-hydroxylation sites is 1. The van der Waals surface area contributed by atoms with E-state index < -0.39 is 0 Å². The molecule has 0 aliphatic heterocycles. The molecule has 0 amide bonds. The van der Waals surface area contributed by atoms with Crippen molar-refractivity contribution in [3.8, 4) is 17.1 Å². The number of halogens is 1. The Bertz CT molecular complexity index is 1510. The van der Waals surface area contributed by atoms with Crippen molar-refractivity contribution >= 4 is 27.0 Å². The lowest BCUT2D eigenvalue weighted by molar-refractivity contribution is 0.537. The summed E-state index contributed by atoms with van der Waals surface area (Å²) in [5, 5.41) is 5.73. The van der Waals surface area contributed by atoms with Crippen LogP contribution in [0.5, 0.6) is 0 Å². The molecule has 0 bridgehead atoms. The van der Waals surface area contributed by atoms with Gasteiger partial charge in [-0.1, -0.05) is 40.2 Å². The molecule has 0 N–H and O–H groups in total. The third-order valence-corrected chi connectivity index (χ3v) is 6.06. The van der Waals surface area contributed by atoms with Gasteiger partial charge in [-0.3, -0.25) is 9.36 Å². The molecule has 5 aromatic rings. The molecule has 2 aromatic carbocycles. The SMILES string of the molecule is Cc1oc(-c2cccc(Br)c2)nc1Cn1c(=O)cc(C)c2c(C)nn(-c3ccccc3)c21. The van der Waals surface area contributed by atoms with Crippen LogP contribution in [0.15, 0.2) is 74.3 Å². The number of fused-ring (bicyclic) bond motifs is 1. The van der Waals surface area contributed by atoms with Crippen molar-refractivity contribution in [3.63, 3.8) is 0 Å². The van der Waals surface area contributed by atoms with Crippen molar-refractivity contribution < 1.29 is 4.42 Å². The van der Waals surface area contributed by atoms with Crippen LogP contribution in [0, 0.1) is 20.8 Å². The van der Waals surface area contributed by atoms with Crippen molar-refractivity contribution in [1.82, 2.24) is 19.3 Å². The molecule has 0 spiro atoms. The second kappa shape index (κ2) is 7.91. The molecule has 0 atom stereocenters. The summed E-state index contributed by atoms with van der Waals surface area (Å²) in [6.07, 6.45) is 0. The molecule has 3 heterocycles. The molecule has 6 nitrogen and oxygen atoms in total. The number of aryl methyl sites for hydroxylation is 3. The Labute approximate surface area is 193 Å². The minimum Gasteiger partial charge on any atom is -0.441 e. The minimum atomic E-state index is -0.0986. The molecule has 0 saturated heterocycles. The second-order valence-corrected chi connectivity index (χ2v) is 8.73. The standard InChI is InChI=1S/C25H21BrN4O2/c1-15-12-22(31)29(25-23(15)16(2)28-30(25)20-10-5-4-6-11-20)14-21-17(3)32-24(27-21)18-8-7-9-19(26)13-18/h4-13H,14H2,1-3H3. The molecule has 0 unspecified atom stereocenters. The van der Waals surface area contributed by atoms with Crippen LogP contribution in [-0.2, 0) is 6.54 Å². The van der Waals surface area contributed by atoms with Gasteiger partial charge in [0.1, 0.15) is 17.1 Å². The summed E-state index contributed by atoms with van der Waals surface area (Å²) in [4.78, 5) is 17.9. The maximum Gasteiger partial charge on any atom is 0.252 e. The summed E-state index contributed by atoms with van der Waals surface area (Å²) in [5.74, 6) is 1.21. The van der Waals surface area contributed by atoms with Gasteiger partial charge >= 0.3 is 0 Å². The summed E-state index contributed by atoms with van der Waals surface area (Å²) < 4.78 is 10.5. The van der Waals surface area contributed by atoms with Gasteiger partial charge in [0.25, 0.3) is 5.56 Å². The van der Waals surface area contributed by atoms with Gasteiger partial charge in [-0.05, 0) is 56.7 Å². The normalized spacial score (nSPS) is 11.4. The molecule has 32 heavy (non-hydrogen) atoms. The van der Waals surface area contributed by atoms with Crippen molar-refractivity contribution in [2.45, 2.75) is 27.3 Å². The Morgan fingerprint density at radius 2 is 1.78 bits per heavy atom. The molecule has 0 radical (unpaired) electrons. The van der Waals surface area contributed by atoms with E-state index in [9.17, 15) is 4.79 Å². The first-order valence-electron chi connectivity index (χ1n) is 10.3. The number of hydrogen-bond acceptors (Lipinski definition) is 4. The van der Waals surface area contributed by atoms with Crippen molar-refractivity contribution in [2.75, 3.05) is 0 Å². The van der Waals surface area contributed by atoms with Crippen LogP contribution in [0.25, 0.3) is 28.2 Å². The number of rotatable bonds is 4. The summed E-state index contributed by atoms with van der Waals surface area (Å²) in [6, 6.07) is 19.3. The minimum absolute atomic E-state index is 0.0986. The van der Waals surface area contributed by atoms with Crippen LogP contribution in [0.3, 0.4) is 0 Å². The molecule has 0 saturated carbocycles. The molecule has 0 aliphatic rings. The van der Waals surface area contributed by atoms with Crippen molar-refractivity contribution in [2.24, 2.45) is 0 Å². The predicted molar refractivity (Wildman–Crippen MR) is 128 cm³/mol. The summed E-state index contributed by atoms with van der Waals surface area (Å²) >= 11 is 3.49. The fourth-order valence-corrected chi connectivity index (χ4v) is 4.44. The van der Waals surface area contributed by atoms with E-state index in [4.69, 9.17) is 14.5 Å². The third-order valence-electron chi connectivity index (χ3n) is 5.56. The molecular formula is C25H21BrN4O2. The predicted octanol–water partition coefficient (Wildman–Crippen LogP) is 5.58. The number of benzene rings is 2. The number of pyridine rings is 1.